The van der Waals surface area contributed by atoms with Crippen molar-refractivity contribution in [3.05, 3.63) is 144 Å². The van der Waals surface area contributed by atoms with E-state index in [1.807, 2.05) is 66.7 Å². The molecule has 0 spiro atoms. The Morgan fingerprint density at radius 1 is 0.574 bits per heavy atom. The number of H-pyrrole nitrogens is 2. The molecule has 9 heteroatoms. The van der Waals surface area contributed by atoms with Crippen LogP contribution in [0.3, 0.4) is 0 Å². The molecule has 0 amide bonds. The van der Waals surface area contributed by atoms with Crippen molar-refractivity contribution in [1.82, 2.24) is 9.97 Å². The van der Waals surface area contributed by atoms with E-state index in [-0.39, 0.29) is 11.6 Å². The van der Waals surface area contributed by atoms with E-state index in [9.17, 15) is 14.4 Å². The van der Waals surface area contributed by atoms with Gasteiger partial charge in [0.15, 0.2) is 5.78 Å². The lowest BCUT2D eigenvalue weighted by Gasteiger charge is -2.14. The first-order valence-electron chi connectivity index (χ1n) is 15.1. The molecule has 2 aliphatic carbocycles. The Kier molecular flexibility index (Phi) is 10.00. The minimum absolute atomic E-state index is 0.0542. The van der Waals surface area contributed by atoms with Gasteiger partial charge in [0, 0.05) is 39.4 Å². The number of hydrogen-bond donors (Lipinski definition) is 2. The molecule has 2 heterocycles. The first kappa shape index (κ1) is 32.8. The summed E-state index contributed by atoms with van der Waals surface area (Å²) in [6.45, 7) is 0. The minimum atomic E-state index is 0.0542. The molecule has 0 atom stereocenters. The summed E-state index contributed by atoms with van der Waals surface area (Å²) < 4.78 is 0. The molecule has 4 aromatic carbocycles. The third kappa shape index (κ3) is 7.09. The first-order valence-corrected chi connectivity index (χ1v) is 16.6. The SMILES string of the molecule is O=C1/C(=C/c2ccccc2)CCc2c1[nH]c1cc(Cl)c(Cl)cc21.O=C1CCCc2c1[nH]c1cc(Cl)c(Cl)cc21.O=Cc1ccccc1. The summed E-state index contributed by atoms with van der Waals surface area (Å²) >= 11 is 24.1. The van der Waals surface area contributed by atoms with E-state index in [0.29, 0.717) is 32.2 Å². The summed E-state index contributed by atoms with van der Waals surface area (Å²) in [5, 5.41) is 4.07. The maximum Gasteiger partial charge on any atom is 0.205 e. The molecule has 0 saturated heterocycles. The summed E-state index contributed by atoms with van der Waals surface area (Å²) in [5.41, 5.74) is 7.87. The second-order valence-corrected chi connectivity index (χ2v) is 12.9. The van der Waals surface area contributed by atoms with Crippen LogP contribution in [0.25, 0.3) is 27.9 Å². The summed E-state index contributed by atoms with van der Waals surface area (Å²) in [6.07, 6.45) is 6.82. The molecule has 2 N–H and O–H groups in total. The highest BCUT2D eigenvalue weighted by atomic mass is 35.5. The molecular weight excluding hydrogens is 674 g/mol. The van der Waals surface area contributed by atoms with Crippen LogP contribution >= 0.6 is 46.4 Å². The van der Waals surface area contributed by atoms with Gasteiger partial charge in [0.05, 0.1) is 31.5 Å². The summed E-state index contributed by atoms with van der Waals surface area (Å²) in [6, 6.07) is 26.3. The fourth-order valence-corrected chi connectivity index (χ4v) is 6.60. The topological polar surface area (TPSA) is 82.8 Å². The minimum Gasteiger partial charge on any atom is -0.352 e. The number of nitrogens with one attached hydrogen (secondary N) is 2. The standard InChI is InChI=1S/C19H13Cl2NO.C12H9Cl2NO.C7H6O/c20-15-9-14-13-7-6-12(8-11-4-2-1-3-5-11)19(23)18(13)22-17(14)10-16(15)21;13-8-4-7-6-2-1-3-11(16)12(6)15-10(7)5-9(8)14;8-6-7-4-2-1-3-5-7/h1-5,8-10,22H,6-7H2;4-5,15H,1-3H2;1-6H/b12-8+;;. The van der Waals surface area contributed by atoms with Crippen LogP contribution in [0.15, 0.2) is 90.5 Å². The number of benzene rings is 4. The van der Waals surface area contributed by atoms with Gasteiger partial charge in [-0.05, 0) is 72.7 Å². The second kappa shape index (κ2) is 14.3. The lowest BCUT2D eigenvalue weighted by molar-refractivity contribution is 0.0967. The van der Waals surface area contributed by atoms with E-state index < -0.39 is 0 Å². The highest BCUT2D eigenvalue weighted by Crippen LogP contribution is 2.36. The van der Waals surface area contributed by atoms with Crippen molar-refractivity contribution in [1.29, 1.82) is 0 Å². The van der Waals surface area contributed by atoms with Gasteiger partial charge < -0.3 is 9.97 Å². The summed E-state index contributed by atoms with van der Waals surface area (Å²) in [5.74, 6) is 0.239. The van der Waals surface area contributed by atoms with Gasteiger partial charge in [0.25, 0.3) is 0 Å². The molecule has 0 radical (unpaired) electrons. The quantitative estimate of drug-likeness (QED) is 0.139. The fourth-order valence-electron chi connectivity index (χ4n) is 5.94. The normalized spacial score (nSPS) is 14.6. The Bertz CT molecular complexity index is 2170. The third-order valence-electron chi connectivity index (χ3n) is 8.24. The summed E-state index contributed by atoms with van der Waals surface area (Å²) in [4.78, 5) is 40.9. The molecule has 6 aromatic rings. The second-order valence-electron chi connectivity index (χ2n) is 11.3. The van der Waals surface area contributed by atoms with Crippen molar-refractivity contribution in [3.8, 4) is 0 Å². The molecule has 0 saturated carbocycles. The number of aryl methyl sites for hydroxylation is 2. The number of rotatable bonds is 2. The molecule has 0 aliphatic heterocycles. The third-order valence-corrected chi connectivity index (χ3v) is 9.69. The molecule has 236 valence electrons. The number of Topliss-reactive ketones (excluding diaryl/α,β-unsaturated/α-hetero) is 2. The number of halogens is 4. The Labute approximate surface area is 291 Å². The van der Waals surface area contributed by atoms with Gasteiger partial charge in [-0.3, -0.25) is 14.4 Å². The molecule has 2 aliphatic rings. The van der Waals surface area contributed by atoms with E-state index in [2.05, 4.69) is 9.97 Å². The smallest absolute Gasteiger partial charge is 0.205 e. The van der Waals surface area contributed by atoms with E-state index in [1.54, 1.807) is 24.3 Å². The zero-order valence-corrected chi connectivity index (χ0v) is 28.0. The number of carbonyl (C=O) groups is 3. The lowest BCUT2D eigenvalue weighted by atomic mass is 9.89. The van der Waals surface area contributed by atoms with Gasteiger partial charge in [-0.15, -0.1) is 0 Å². The van der Waals surface area contributed by atoms with Crippen molar-refractivity contribution in [3.63, 3.8) is 0 Å². The molecular formula is C38H28Cl4N2O3. The number of carbonyl (C=O) groups excluding carboxylic acids is 3. The Morgan fingerprint density at radius 2 is 1.09 bits per heavy atom. The Morgan fingerprint density at radius 3 is 1.64 bits per heavy atom. The number of ketones is 2. The van der Waals surface area contributed by atoms with E-state index >= 15 is 0 Å². The lowest BCUT2D eigenvalue weighted by Crippen LogP contribution is -2.13. The van der Waals surface area contributed by atoms with Gasteiger partial charge in [0.1, 0.15) is 6.29 Å². The van der Waals surface area contributed by atoms with Crippen molar-refractivity contribution < 1.29 is 14.4 Å². The average molecular weight is 702 g/mol. The van der Waals surface area contributed by atoms with Crippen LogP contribution in [0.2, 0.25) is 20.1 Å². The zero-order valence-electron chi connectivity index (χ0n) is 25.0. The monoisotopic (exact) mass is 700 g/mol. The largest absolute Gasteiger partial charge is 0.352 e. The van der Waals surface area contributed by atoms with E-state index in [4.69, 9.17) is 46.4 Å². The highest BCUT2D eigenvalue weighted by Gasteiger charge is 2.26. The van der Waals surface area contributed by atoms with Gasteiger partial charge in [-0.1, -0.05) is 107 Å². The first-order chi connectivity index (χ1) is 22.7. The number of aldehydes is 1. The van der Waals surface area contributed by atoms with Gasteiger partial charge >= 0.3 is 0 Å². The number of allylic oxidation sites excluding steroid dienone is 1. The molecule has 0 fully saturated rings. The molecule has 47 heavy (non-hydrogen) atoms. The average Bonchev–Trinajstić information content (AvgIpc) is 3.63. The van der Waals surface area contributed by atoms with Crippen molar-refractivity contribution in [2.75, 3.05) is 0 Å². The number of fused-ring (bicyclic) bond motifs is 6. The molecule has 5 nitrogen and oxygen atoms in total. The van der Waals surface area contributed by atoms with E-state index in [1.165, 1.54) is 0 Å². The maximum absolute atomic E-state index is 12.8. The molecule has 2 aromatic heterocycles. The van der Waals surface area contributed by atoms with Crippen LogP contribution in [0.5, 0.6) is 0 Å². The number of hydrogen-bond acceptors (Lipinski definition) is 3. The van der Waals surface area contributed by atoms with Crippen molar-refractivity contribution in [2.24, 2.45) is 0 Å². The van der Waals surface area contributed by atoms with Gasteiger partial charge in [-0.25, -0.2) is 0 Å². The van der Waals surface area contributed by atoms with Crippen LogP contribution < -0.4 is 0 Å². The fraction of sp³-hybridized carbons (Fsp3) is 0.132. The number of aromatic amines is 2. The van der Waals surface area contributed by atoms with Crippen LogP contribution in [-0.4, -0.2) is 27.8 Å². The Hall–Kier alpha value is -4.13. The number of aromatic nitrogens is 2. The Balaban J connectivity index is 0.000000139. The molecule has 0 bridgehead atoms. The van der Waals surface area contributed by atoms with E-state index in [0.717, 1.165) is 87.3 Å². The highest BCUT2D eigenvalue weighted by molar-refractivity contribution is 6.43. The molecule has 8 rings (SSSR count). The van der Waals surface area contributed by atoms with Gasteiger partial charge in [-0.2, -0.15) is 0 Å². The van der Waals surface area contributed by atoms with Crippen LogP contribution in [0.1, 0.15) is 67.3 Å². The maximum atomic E-state index is 12.8. The van der Waals surface area contributed by atoms with Gasteiger partial charge in [0.2, 0.25) is 5.78 Å². The molecule has 0 unspecified atom stereocenters. The summed E-state index contributed by atoms with van der Waals surface area (Å²) in [7, 11) is 0. The van der Waals surface area contributed by atoms with Crippen molar-refractivity contribution in [2.45, 2.75) is 32.1 Å². The van der Waals surface area contributed by atoms with Crippen LogP contribution in [0, 0.1) is 0 Å². The van der Waals surface area contributed by atoms with Crippen LogP contribution in [-0.2, 0) is 12.8 Å². The predicted octanol–water partition coefficient (Wildman–Crippen LogP) is 11.2. The predicted molar refractivity (Wildman–Crippen MR) is 193 cm³/mol. The zero-order chi connectivity index (χ0) is 33.1. The van der Waals surface area contributed by atoms with Crippen LogP contribution in [0.4, 0.5) is 0 Å². The van der Waals surface area contributed by atoms with Crippen molar-refractivity contribution >= 4 is 92.1 Å².